The lowest BCUT2D eigenvalue weighted by Crippen LogP contribution is -2.06. The average Bonchev–Trinajstić information content (AvgIpc) is 3.20. The third-order valence-electron chi connectivity index (χ3n) is 3.29. The largest absolute Gasteiger partial charge is 0.376 e. The first-order valence-corrected chi connectivity index (χ1v) is 6.50. The Morgan fingerprint density at radius 2 is 1.44 bits per heavy atom. The Hall–Kier alpha value is -0.900. The molecule has 100 valence electrons. The second kappa shape index (κ2) is 6.32. The van der Waals surface area contributed by atoms with Gasteiger partial charge in [-0.15, -0.1) is 0 Å². The van der Waals surface area contributed by atoms with Gasteiger partial charge < -0.3 is 14.2 Å². The maximum Gasteiger partial charge on any atom is 0.104 e. The Morgan fingerprint density at radius 3 is 1.78 bits per heavy atom. The lowest BCUT2D eigenvalue weighted by Gasteiger charge is -2.00. The molecule has 18 heavy (non-hydrogen) atoms. The van der Waals surface area contributed by atoms with Gasteiger partial charge >= 0.3 is 0 Å². The summed E-state index contributed by atoms with van der Waals surface area (Å²) in [6, 6.07) is 6.38. The van der Waals surface area contributed by atoms with Crippen LogP contribution in [0.3, 0.4) is 0 Å². The van der Waals surface area contributed by atoms with Gasteiger partial charge in [-0.2, -0.15) is 0 Å². The molecule has 3 heteroatoms. The van der Waals surface area contributed by atoms with Gasteiger partial charge in [-0.3, -0.25) is 0 Å². The fraction of sp³-hybridized carbons (Fsp3) is 0.600. The van der Waals surface area contributed by atoms with E-state index in [-0.39, 0.29) is 0 Å². The molecule has 0 aliphatic carbocycles. The van der Waals surface area contributed by atoms with Gasteiger partial charge in [0, 0.05) is 0 Å². The van der Waals surface area contributed by atoms with Crippen molar-refractivity contribution in [3.8, 4) is 0 Å². The summed E-state index contributed by atoms with van der Waals surface area (Å²) in [5, 5.41) is 0. The molecule has 0 saturated carbocycles. The highest BCUT2D eigenvalue weighted by atomic mass is 16.6. The van der Waals surface area contributed by atoms with Crippen LogP contribution < -0.4 is 0 Å². The lowest BCUT2D eigenvalue weighted by molar-refractivity contribution is 0.102. The van der Waals surface area contributed by atoms with Crippen LogP contribution in [-0.4, -0.2) is 38.6 Å². The smallest absolute Gasteiger partial charge is 0.104 e. The zero-order valence-corrected chi connectivity index (χ0v) is 11.4. The number of rotatable bonds is 4. The summed E-state index contributed by atoms with van der Waals surface area (Å²) in [4.78, 5) is 0. The van der Waals surface area contributed by atoms with Crippen molar-refractivity contribution in [2.45, 2.75) is 33.0 Å². The summed E-state index contributed by atoms with van der Waals surface area (Å²) in [5.74, 6) is 0. The minimum atomic E-state index is 0.392. The molecule has 2 heterocycles. The predicted molar refractivity (Wildman–Crippen MR) is 71.0 cm³/mol. The van der Waals surface area contributed by atoms with Gasteiger partial charge in [0.2, 0.25) is 0 Å². The zero-order valence-electron chi connectivity index (χ0n) is 11.4. The number of hydrogen-bond donors (Lipinski definition) is 0. The Labute approximate surface area is 109 Å². The van der Waals surface area contributed by atoms with Crippen molar-refractivity contribution in [1.82, 2.24) is 0 Å². The number of aryl methyl sites for hydroxylation is 2. The van der Waals surface area contributed by atoms with Crippen molar-refractivity contribution in [2.24, 2.45) is 0 Å². The predicted octanol–water partition coefficient (Wildman–Crippen LogP) is 2.41. The fourth-order valence-corrected chi connectivity index (χ4v) is 1.56. The highest BCUT2D eigenvalue weighted by Crippen LogP contribution is 2.12. The molecule has 0 aromatic heterocycles. The van der Waals surface area contributed by atoms with E-state index in [1.165, 1.54) is 16.7 Å². The van der Waals surface area contributed by atoms with Crippen LogP contribution >= 0.6 is 0 Å². The molecule has 0 spiro atoms. The number of epoxide rings is 2. The molecule has 2 saturated heterocycles. The third-order valence-corrected chi connectivity index (χ3v) is 3.29. The van der Waals surface area contributed by atoms with Gasteiger partial charge in [-0.1, -0.05) is 18.2 Å². The summed E-state index contributed by atoms with van der Waals surface area (Å²) in [6.45, 7) is 9.70. The number of ether oxygens (including phenoxy) is 3. The molecule has 1 aromatic carbocycles. The van der Waals surface area contributed by atoms with E-state index in [9.17, 15) is 0 Å². The van der Waals surface area contributed by atoms with Crippen molar-refractivity contribution >= 4 is 0 Å². The first-order valence-electron chi connectivity index (χ1n) is 6.50. The van der Waals surface area contributed by atoms with E-state index in [2.05, 4.69) is 39.0 Å². The molecule has 0 N–H and O–H groups in total. The second-order valence-corrected chi connectivity index (χ2v) is 4.96. The van der Waals surface area contributed by atoms with E-state index in [1.807, 2.05) is 0 Å². The van der Waals surface area contributed by atoms with Crippen molar-refractivity contribution in [3.05, 3.63) is 34.9 Å². The molecule has 3 nitrogen and oxygen atoms in total. The molecule has 0 amide bonds. The standard InChI is InChI=1S/C9H12.C6H10O3/c1-7-5-4-6-8(2)9(7)3;1(5-3-8-5)7-2-6-4-9-6/h4-6H,1-3H3;5-6H,1-4H2. The Bertz CT molecular complexity index is 349. The summed E-state index contributed by atoms with van der Waals surface area (Å²) in [6.07, 6.45) is 0.785. The molecule has 1 aromatic rings. The summed E-state index contributed by atoms with van der Waals surface area (Å²) in [7, 11) is 0. The van der Waals surface area contributed by atoms with Crippen LogP contribution in [0.2, 0.25) is 0 Å². The van der Waals surface area contributed by atoms with Crippen molar-refractivity contribution in [1.29, 1.82) is 0 Å². The number of hydrogen-bond acceptors (Lipinski definition) is 3. The van der Waals surface area contributed by atoms with E-state index < -0.39 is 0 Å². The van der Waals surface area contributed by atoms with Gasteiger partial charge in [0.15, 0.2) is 0 Å². The first-order chi connectivity index (χ1) is 8.66. The molecule has 2 aliphatic rings. The van der Waals surface area contributed by atoms with Gasteiger partial charge in [0.1, 0.15) is 12.2 Å². The molecule has 2 aliphatic heterocycles. The van der Waals surface area contributed by atoms with E-state index >= 15 is 0 Å². The average molecular weight is 250 g/mol. The topological polar surface area (TPSA) is 34.3 Å². The molecule has 0 bridgehead atoms. The van der Waals surface area contributed by atoms with Crippen LogP contribution in [0.4, 0.5) is 0 Å². The summed E-state index contributed by atoms with van der Waals surface area (Å²) >= 11 is 0. The SMILES string of the molecule is C(OCC1CO1)C1CO1.Cc1cccc(C)c1C. The first kappa shape index (κ1) is 13.5. The van der Waals surface area contributed by atoms with E-state index in [0.717, 1.165) is 26.4 Å². The molecular formula is C15H22O3. The molecule has 2 atom stereocenters. The maximum absolute atomic E-state index is 5.23. The monoisotopic (exact) mass is 250 g/mol. The molecule has 2 unspecified atom stereocenters. The zero-order chi connectivity index (χ0) is 13.0. The van der Waals surface area contributed by atoms with Crippen LogP contribution in [-0.2, 0) is 14.2 Å². The van der Waals surface area contributed by atoms with Gasteiger partial charge in [-0.05, 0) is 37.5 Å². The maximum atomic E-state index is 5.23. The summed E-state index contributed by atoms with van der Waals surface area (Å²) < 4.78 is 15.1. The summed E-state index contributed by atoms with van der Waals surface area (Å²) in [5.41, 5.74) is 4.18. The molecule has 3 rings (SSSR count). The third kappa shape index (κ3) is 4.77. The van der Waals surface area contributed by atoms with Crippen LogP contribution in [0, 0.1) is 20.8 Å². The van der Waals surface area contributed by atoms with Gasteiger partial charge in [0.25, 0.3) is 0 Å². The van der Waals surface area contributed by atoms with Crippen molar-refractivity contribution in [3.63, 3.8) is 0 Å². The van der Waals surface area contributed by atoms with Crippen LogP contribution in [0.25, 0.3) is 0 Å². The van der Waals surface area contributed by atoms with E-state index in [0.29, 0.717) is 12.2 Å². The fourth-order valence-electron chi connectivity index (χ4n) is 1.56. The highest BCUT2D eigenvalue weighted by molar-refractivity contribution is 5.31. The van der Waals surface area contributed by atoms with Crippen LogP contribution in [0.1, 0.15) is 16.7 Å². The van der Waals surface area contributed by atoms with E-state index in [1.54, 1.807) is 0 Å². The van der Waals surface area contributed by atoms with Crippen LogP contribution in [0.5, 0.6) is 0 Å². The van der Waals surface area contributed by atoms with Gasteiger partial charge in [0.05, 0.1) is 26.4 Å². The molecular weight excluding hydrogens is 228 g/mol. The molecule has 2 fully saturated rings. The Kier molecular flexibility index (Phi) is 4.75. The number of benzene rings is 1. The lowest BCUT2D eigenvalue weighted by atomic mass is 10.1. The molecule has 0 radical (unpaired) electrons. The normalized spacial score (nSPS) is 24.2. The minimum absolute atomic E-state index is 0.392. The Morgan fingerprint density at radius 1 is 1.00 bits per heavy atom. The van der Waals surface area contributed by atoms with Crippen LogP contribution in [0.15, 0.2) is 18.2 Å². The minimum Gasteiger partial charge on any atom is -0.376 e. The van der Waals surface area contributed by atoms with E-state index in [4.69, 9.17) is 14.2 Å². The Balaban J connectivity index is 0.000000134. The van der Waals surface area contributed by atoms with Crippen molar-refractivity contribution in [2.75, 3.05) is 26.4 Å². The van der Waals surface area contributed by atoms with Crippen molar-refractivity contribution < 1.29 is 14.2 Å². The van der Waals surface area contributed by atoms with Gasteiger partial charge in [-0.25, -0.2) is 0 Å². The quantitative estimate of drug-likeness (QED) is 0.770. The highest BCUT2D eigenvalue weighted by Gasteiger charge is 2.26. The second-order valence-electron chi connectivity index (χ2n) is 4.96.